The number of carbonyl (C=O) groups excluding carboxylic acids is 1. The van der Waals surface area contributed by atoms with Gasteiger partial charge >= 0.3 is 7.82 Å². The lowest BCUT2D eigenvalue weighted by Crippen LogP contribution is -2.46. The third kappa shape index (κ3) is 38.5. The first-order chi connectivity index (χ1) is 25.5. The molecule has 0 spiro atoms. The van der Waals surface area contributed by atoms with E-state index in [1.165, 1.54) is 77.0 Å². The van der Waals surface area contributed by atoms with Crippen molar-refractivity contribution in [3.8, 4) is 0 Å². The molecule has 0 saturated heterocycles. The highest BCUT2D eigenvalue weighted by molar-refractivity contribution is 7.47. The number of likely N-dealkylation sites (N-methyl/N-ethyl adjacent to an activating group) is 1. The van der Waals surface area contributed by atoms with Crippen molar-refractivity contribution in [3.05, 3.63) is 48.6 Å². The van der Waals surface area contributed by atoms with E-state index in [0.717, 1.165) is 70.6 Å². The summed E-state index contributed by atoms with van der Waals surface area (Å²) in [6, 6.07) is -0.756. The molecule has 1 amide bonds. The Morgan fingerprint density at radius 2 is 1.13 bits per heavy atom. The minimum absolute atomic E-state index is 0.0723. The quantitative estimate of drug-likeness (QED) is 0.0250. The van der Waals surface area contributed by atoms with Crippen LogP contribution in [0.3, 0.4) is 0 Å². The zero-order valence-electron chi connectivity index (χ0n) is 35.0. The van der Waals surface area contributed by atoms with Gasteiger partial charge in [-0.1, -0.05) is 165 Å². The van der Waals surface area contributed by atoms with Gasteiger partial charge in [-0.2, -0.15) is 0 Å². The van der Waals surface area contributed by atoms with Crippen LogP contribution in [0.1, 0.15) is 174 Å². The van der Waals surface area contributed by atoms with Crippen LogP contribution in [0.25, 0.3) is 0 Å². The first-order valence-electron chi connectivity index (χ1n) is 21.5. The van der Waals surface area contributed by atoms with E-state index in [1.807, 2.05) is 21.1 Å². The number of nitrogens with one attached hydrogen (secondary N) is 1. The Kier molecular flexibility index (Phi) is 35.1. The van der Waals surface area contributed by atoms with Gasteiger partial charge in [0.25, 0.3) is 0 Å². The van der Waals surface area contributed by atoms with E-state index in [2.05, 4.69) is 67.8 Å². The van der Waals surface area contributed by atoms with Crippen LogP contribution in [-0.4, -0.2) is 73.4 Å². The van der Waals surface area contributed by atoms with Crippen LogP contribution < -0.4 is 5.32 Å². The number of carbonyl (C=O) groups is 1. The van der Waals surface area contributed by atoms with Crippen molar-refractivity contribution in [3.63, 3.8) is 0 Å². The number of allylic oxidation sites excluding steroid dienone is 8. The van der Waals surface area contributed by atoms with E-state index in [1.54, 1.807) is 0 Å². The summed E-state index contributed by atoms with van der Waals surface area (Å²) in [6.45, 7) is 4.64. The molecule has 0 saturated carbocycles. The topological polar surface area (TPSA) is 105 Å². The molecule has 0 aliphatic carbocycles. The molecule has 0 aromatic carbocycles. The number of quaternary nitrogens is 1. The van der Waals surface area contributed by atoms with E-state index in [9.17, 15) is 19.4 Å². The second-order valence-electron chi connectivity index (χ2n) is 15.7. The number of unbranched alkanes of at least 4 members (excludes halogenated alkanes) is 17. The van der Waals surface area contributed by atoms with E-state index in [4.69, 9.17) is 9.05 Å². The van der Waals surface area contributed by atoms with Gasteiger partial charge in [-0.05, 0) is 51.4 Å². The summed E-state index contributed by atoms with van der Waals surface area (Å²) >= 11 is 0. The molecule has 0 aliphatic heterocycles. The molecule has 9 heteroatoms. The Bertz CT molecular complexity index is 1010. The van der Waals surface area contributed by atoms with Crippen molar-refractivity contribution in [1.82, 2.24) is 5.32 Å². The summed E-state index contributed by atoms with van der Waals surface area (Å²) in [5, 5.41) is 13.7. The largest absolute Gasteiger partial charge is 0.472 e. The predicted octanol–water partition coefficient (Wildman–Crippen LogP) is 11.7. The van der Waals surface area contributed by atoms with Gasteiger partial charge in [-0.15, -0.1) is 0 Å². The molecule has 8 nitrogen and oxygen atoms in total. The fraction of sp³-hybridized carbons (Fsp3) is 0.795. The number of hydrogen-bond acceptors (Lipinski definition) is 5. The molecule has 0 aromatic heterocycles. The highest BCUT2D eigenvalue weighted by Crippen LogP contribution is 2.43. The highest BCUT2D eigenvalue weighted by Gasteiger charge is 2.28. The maximum atomic E-state index is 12.7. The number of rotatable bonds is 38. The molecule has 53 heavy (non-hydrogen) atoms. The van der Waals surface area contributed by atoms with Gasteiger partial charge in [0.05, 0.1) is 39.9 Å². The molecule has 0 heterocycles. The number of amides is 1. The zero-order valence-corrected chi connectivity index (χ0v) is 35.9. The van der Waals surface area contributed by atoms with E-state index >= 15 is 0 Å². The smallest absolute Gasteiger partial charge is 0.391 e. The van der Waals surface area contributed by atoms with Crippen LogP contribution in [0.4, 0.5) is 0 Å². The zero-order chi connectivity index (χ0) is 39.3. The highest BCUT2D eigenvalue weighted by atomic mass is 31.2. The number of hydrogen-bond donors (Lipinski definition) is 3. The van der Waals surface area contributed by atoms with Gasteiger partial charge in [-0.25, -0.2) is 4.57 Å². The summed E-state index contributed by atoms with van der Waals surface area (Å²) < 4.78 is 23.3. The summed E-state index contributed by atoms with van der Waals surface area (Å²) in [5.41, 5.74) is 0. The predicted molar refractivity (Wildman–Crippen MR) is 226 cm³/mol. The van der Waals surface area contributed by atoms with Crippen molar-refractivity contribution in [2.75, 3.05) is 40.9 Å². The second kappa shape index (κ2) is 36.1. The average molecular weight is 768 g/mol. The van der Waals surface area contributed by atoms with Gasteiger partial charge in [0.2, 0.25) is 5.91 Å². The van der Waals surface area contributed by atoms with Crippen LogP contribution >= 0.6 is 7.82 Å². The summed E-state index contributed by atoms with van der Waals surface area (Å²) in [7, 11) is 1.60. The molecule has 0 fully saturated rings. The fourth-order valence-corrected chi connectivity index (χ4v) is 6.65. The van der Waals surface area contributed by atoms with E-state index in [-0.39, 0.29) is 19.1 Å². The molecule has 0 aliphatic rings. The van der Waals surface area contributed by atoms with Crippen molar-refractivity contribution in [2.45, 2.75) is 187 Å². The molecule has 0 rings (SSSR count). The molecule has 0 bridgehead atoms. The minimum Gasteiger partial charge on any atom is -0.391 e. The molecule has 3 N–H and O–H groups in total. The number of aliphatic hydroxyl groups excluding tert-OH is 1. The first kappa shape index (κ1) is 51.5. The van der Waals surface area contributed by atoms with E-state index in [0.29, 0.717) is 23.9 Å². The standard InChI is InChI=1S/C44H83N2O6P/c1-6-8-10-12-13-14-15-16-17-18-19-20-21-22-23-24-25-26-27-28-29-30-31-32-33-34-36-38-44(48)45-42(43(47)37-35-11-9-7-2)41-52-53(49,50)51-40-39-46(3,4)5/h8,10,13-14,16-17,19-20,42-43,47H,6-7,9,11-12,15,18,21-41H2,1-5H3,(H-,45,48,49,50)/p+1/b10-8-,14-13-,17-16-,20-19-. The maximum Gasteiger partial charge on any atom is 0.472 e. The van der Waals surface area contributed by atoms with E-state index < -0.39 is 20.0 Å². The molecule has 3 unspecified atom stereocenters. The number of aliphatic hydroxyl groups is 1. The van der Waals surface area contributed by atoms with Gasteiger partial charge in [-0.3, -0.25) is 13.8 Å². The number of phosphoric acid groups is 1. The van der Waals surface area contributed by atoms with Crippen molar-refractivity contribution in [2.24, 2.45) is 0 Å². The van der Waals surface area contributed by atoms with Crippen molar-refractivity contribution < 1.29 is 32.9 Å². The lowest BCUT2D eigenvalue weighted by atomic mass is 10.0. The van der Waals surface area contributed by atoms with Crippen LogP contribution in [0, 0.1) is 0 Å². The molecule has 310 valence electrons. The van der Waals surface area contributed by atoms with Crippen LogP contribution in [-0.2, 0) is 18.4 Å². The molecular weight excluding hydrogens is 683 g/mol. The number of nitrogens with zero attached hydrogens (tertiary/aromatic N) is 1. The van der Waals surface area contributed by atoms with Crippen LogP contribution in [0.5, 0.6) is 0 Å². The Balaban J connectivity index is 3.92. The SMILES string of the molecule is CC/C=C\C/C=C\C/C=C\C/C=C\CCCCCCCCCCCCCCCCC(=O)NC(COP(=O)(O)OCC[N+](C)(C)C)C(O)CCCCCC. The third-order valence-corrected chi connectivity index (χ3v) is 10.3. The molecular formula is C44H84N2O6P+. The molecule has 3 atom stereocenters. The minimum atomic E-state index is -4.29. The third-order valence-electron chi connectivity index (χ3n) is 9.34. The lowest BCUT2D eigenvalue weighted by Gasteiger charge is -2.26. The normalized spacial score (nSPS) is 14.9. The average Bonchev–Trinajstić information content (AvgIpc) is 3.10. The Labute approximate surface area is 327 Å². The fourth-order valence-electron chi connectivity index (χ4n) is 5.92. The van der Waals surface area contributed by atoms with Crippen molar-refractivity contribution in [1.29, 1.82) is 0 Å². The summed E-state index contributed by atoms with van der Waals surface area (Å²) in [6.07, 6.45) is 44.9. The van der Waals surface area contributed by atoms with Gasteiger partial charge < -0.3 is 19.8 Å². The maximum absolute atomic E-state index is 12.7. The Hall–Kier alpha value is -1.54. The summed E-state index contributed by atoms with van der Waals surface area (Å²) in [4.78, 5) is 22.9. The number of phosphoric ester groups is 1. The molecule has 0 radical (unpaired) electrons. The van der Waals surface area contributed by atoms with Crippen LogP contribution in [0.2, 0.25) is 0 Å². The van der Waals surface area contributed by atoms with Crippen LogP contribution in [0.15, 0.2) is 48.6 Å². The van der Waals surface area contributed by atoms with Gasteiger partial charge in [0.1, 0.15) is 13.2 Å². The Morgan fingerprint density at radius 1 is 0.660 bits per heavy atom. The van der Waals surface area contributed by atoms with Crippen molar-refractivity contribution >= 4 is 13.7 Å². The van der Waals surface area contributed by atoms with Gasteiger partial charge in [0, 0.05) is 6.42 Å². The van der Waals surface area contributed by atoms with Gasteiger partial charge in [0.15, 0.2) is 0 Å². The monoisotopic (exact) mass is 768 g/mol. The second-order valence-corrected chi connectivity index (χ2v) is 17.1. The molecule has 0 aromatic rings. The lowest BCUT2D eigenvalue weighted by molar-refractivity contribution is -0.870. The summed E-state index contributed by atoms with van der Waals surface area (Å²) in [5.74, 6) is -0.157. The Morgan fingerprint density at radius 3 is 1.64 bits per heavy atom. The first-order valence-corrected chi connectivity index (χ1v) is 23.0.